The number of aromatic nitrogens is 2. The summed E-state index contributed by atoms with van der Waals surface area (Å²) in [5.41, 5.74) is 8.51. The van der Waals surface area contributed by atoms with E-state index in [1.165, 1.54) is 11.8 Å². The zero-order valence-electron chi connectivity index (χ0n) is 18.1. The zero-order valence-corrected chi connectivity index (χ0v) is 18.9. The third kappa shape index (κ3) is 7.23. The Morgan fingerprint density at radius 1 is 1.39 bits per heavy atom. The van der Waals surface area contributed by atoms with Gasteiger partial charge in [-0.2, -0.15) is 0 Å². The Bertz CT molecular complexity index is 843. The van der Waals surface area contributed by atoms with Gasteiger partial charge in [-0.15, -0.1) is 0 Å². The van der Waals surface area contributed by atoms with Crippen LogP contribution in [-0.2, 0) is 14.3 Å². The topological polar surface area (TPSA) is 143 Å². The Kier molecular flexibility index (Phi) is 9.76. The highest BCUT2D eigenvalue weighted by atomic mass is 32.2. The van der Waals surface area contributed by atoms with Gasteiger partial charge in [0.2, 0.25) is 5.95 Å². The van der Waals surface area contributed by atoms with Gasteiger partial charge in [0, 0.05) is 31.6 Å². The second-order valence-electron chi connectivity index (χ2n) is 6.99. The number of allylic oxidation sites excluding steroid dienone is 1. The van der Waals surface area contributed by atoms with Gasteiger partial charge in [0.1, 0.15) is 18.2 Å². The molecule has 0 spiro atoms. The molecular formula is C20H30N6O4S. The Balaban J connectivity index is 1.92. The molecule has 1 aromatic rings. The van der Waals surface area contributed by atoms with Crippen molar-refractivity contribution in [3.05, 3.63) is 34.1 Å². The SMILES string of the molecule is CCOCC(=O)N(CCCNc1nccc(/C(N)=C2/NC(C(C)C)=CS2)n1)C(=O)CO. The minimum Gasteiger partial charge on any atom is -0.395 e. The molecule has 0 radical (unpaired) electrons. The number of amides is 2. The molecule has 0 aromatic carbocycles. The number of hydrogen-bond acceptors (Lipinski definition) is 10. The second-order valence-corrected chi connectivity index (χ2v) is 7.87. The summed E-state index contributed by atoms with van der Waals surface area (Å²) < 4.78 is 5.06. The van der Waals surface area contributed by atoms with E-state index in [4.69, 9.17) is 15.6 Å². The van der Waals surface area contributed by atoms with E-state index in [9.17, 15) is 9.59 Å². The highest BCUT2D eigenvalue weighted by Crippen LogP contribution is 2.31. The van der Waals surface area contributed by atoms with Gasteiger partial charge in [-0.3, -0.25) is 14.5 Å². The molecule has 0 atom stereocenters. The van der Waals surface area contributed by atoms with Crippen molar-refractivity contribution < 1.29 is 19.4 Å². The number of nitrogens with zero attached hydrogens (tertiary/aromatic N) is 3. The van der Waals surface area contributed by atoms with Crippen molar-refractivity contribution in [3.63, 3.8) is 0 Å². The Labute approximate surface area is 186 Å². The third-order valence-electron chi connectivity index (χ3n) is 4.37. The maximum Gasteiger partial charge on any atom is 0.255 e. The first kappa shape index (κ1) is 24.6. The largest absolute Gasteiger partial charge is 0.395 e. The van der Waals surface area contributed by atoms with E-state index in [0.717, 1.165) is 15.6 Å². The lowest BCUT2D eigenvalue weighted by Crippen LogP contribution is -2.42. The molecule has 0 aliphatic carbocycles. The number of aliphatic hydroxyl groups excluding tert-OH is 1. The predicted octanol–water partition coefficient (Wildman–Crippen LogP) is 1.08. The molecule has 1 aromatic heterocycles. The summed E-state index contributed by atoms with van der Waals surface area (Å²) >= 11 is 1.53. The molecular weight excluding hydrogens is 420 g/mol. The summed E-state index contributed by atoms with van der Waals surface area (Å²) in [7, 11) is 0. The van der Waals surface area contributed by atoms with Crippen LogP contribution in [0.4, 0.5) is 5.95 Å². The zero-order chi connectivity index (χ0) is 22.8. The quantitative estimate of drug-likeness (QED) is 0.362. The molecule has 2 amide bonds. The van der Waals surface area contributed by atoms with Gasteiger partial charge in [-0.25, -0.2) is 9.97 Å². The van der Waals surface area contributed by atoms with E-state index in [2.05, 4.69) is 34.4 Å². The summed E-state index contributed by atoms with van der Waals surface area (Å²) in [6.07, 6.45) is 2.06. The molecule has 170 valence electrons. The normalized spacial score (nSPS) is 14.8. The van der Waals surface area contributed by atoms with Crippen LogP contribution in [0.2, 0.25) is 0 Å². The number of rotatable bonds is 11. The minimum absolute atomic E-state index is 0.147. The fourth-order valence-electron chi connectivity index (χ4n) is 2.61. The van der Waals surface area contributed by atoms with Crippen LogP contribution in [0.1, 0.15) is 32.9 Å². The molecule has 1 aliphatic rings. The molecule has 31 heavy (non-hydrogen) atoms. The van der Waals surface area contributed by atoms with Crippen molar-refractivity contribution in [3.8, 4) is 0 Å². The van der Waals surface area contributed by atoms with Gasteiger partial charge in [0.25, 0.3) is 11.8 Å². The van der Waals surface area contributed by atoms with E-state index in [-0.39, 0.29) is 13.2 Å². The van der Waals surface area contributed by atoms with Crippen molar-refractivity contribution in [2.24, 2.45) is 11.7 Å². The molecule has 10 nitrogen and oxygen atoms in total. The van der Waals surface area contributed by atoms with Crippen LogP contribution in [-0.4, -0.2) is 64.7 Å². The van der Waals surface area contributed by atoms with Crippen LogP contribution in [0, 0.1) is 5.92 Å². The molecule has 0 unspecified atom stereocenters. The summed E-state index contributed by atoms with van der Waals surface area (Å²) in [6.45, 7) is 5.96. The second kappa shape index (κ2) is 12.3. The molecule has 2 rings (SSSR count). The first-order valence-corrected chi connectivity index (χ1v) is 11.0. The maximum atomic E-state index is 12.1. The van der Waals surface area contributed by atoms with E-state index >= 15 is 0 Å². The van der Waals surface area contributed by atoms with Crippen molar-refractivity contribution in [1.82, 2.24) is 20.2 Å². The highest BCUT2D eigenvalue weighted by Gasteiger charge is 2.20. The summed E-state index contributed by atoms with van der Waals surface area (Å²) in [4.78, 5) is 33.5. The number of imide groups is 1. The first-order valence-electron chi connectivity index (χ1n) is 10.1. The predicted molar refractivity (Wildman–Crippen MR) is 120 cm³/mol. The molecule has 0 saturated carbocycles. The van der Waals surface area contributed by atoms with Gasteiger partial charge < -0.3 is 26.2 Å². The van der Waals surface area contributed by atoms with Gasteiger partial charge in [-0.05, 0) is 30.7 Å². The monoisotopic (exact) mass is 450 g/mol. The maximum absolute atomic E-state index is 12.1. The lowest BCUT2D eigenvalue weighted by Gasteiger charge is -2.20. The smallest absolute Gasteiger partial charge is 0.255 e. The van der Waals surface area contributed by atoms with E-state index < -0.39 is 18.4 Å². The Hall–Kier alpha value is -2.63. The average molecular weight is 451 g/mol. The van der Waals surface area contributed by atoms with Gasteiger partial charge in [0.15, 0.2) is 0 Å². The number of hydrogen-bond donors (Lipinski definition) is 4. The lowest BCUT2D eigenvalue weighted by molar-refractivity contribution is -0.149. The van der Waals surface area contributed by atoms with Crippen LogP contribution in [0.3, 0.4) is 0 Å². The Morgan fingerprint density at radius 2 is 2.16 bits per heavy atom. The number of carbonyl (C=O) groups is 2. The van der Waals surface area contributed by atoms with Crippen LogP contribution >= 0.6 is 11.8 Å². The molecule has 2 heterocycles. The number of anilines is 1. The first-order chi connectivity index (χ1) is 14.9. The fraction of sp³-hybridized carbons (Fsp3) is 0.500. The molecule has 0 bridgehead atoms. The Morgan fingerprint density at radius 3 is 2.81 bits per heavy atom. The summed E-state index contributed by atoms with van der Waals surface area (Å²) in [5, 5.41) is 18.3. The van der Waals surface area contributed by atoms with Crippen LogP contribution < -0.4 is 16.4 Å². The van der Waals surface area contributed by atoms with Crippen LogP contribution in [0.15, 0.2) is 28.4 Å². The minimum atomic E-state index is -0.732. The molecule has 5 N–H and O–H groups in total. The number of thioether (sulfide) groups is 1. The number of aliphatic hydroxyl groups is 1. The van der Waals surface area contributed by atoms with Crippen LogP contribution in [0.25, 0.3) is 5.70 Å². The van der Waals surface area contributed by atoms with Crippen molar-refractivity contribution in [2.75, 3.05) is 38.2 Å². The lowest BCUT2D eigenvalue weighted by atomic mass is 10.1. The fourth-order valence-corrected chi connectivity index (χ4v) is 3.60. The number of nitrogens with one attached hydrogen (secondary N) is 2. The number of nitrogens with two attached hydrogens (primary N) is 1. The van der Waals surface area contributed by atoms with Gasteiger partial charge in [-0.1, -0.05) is 25.6 Å². The van der Waals surface area contributed by atoms with E-state index in [1.54, 1.807) is 19.2 Å². The average Bonchev–Trinajstić information content (AvgIpc) is 3.27. The molecule has 0 fully saturated rings. The van der Waals surface area contributed by atoms with Gasteiger partial charge >= 0.3 is 0 Å². The summed E-state index contributed by atoms with van der Waals surface area (Å²) in [6, 6.07) is 1.73. The third-order valence-corrected chi connectivity index (χ3v) is 5.30. The van der Waals surface area contributed by atoms with Crippen LogP contribution in [0.5, 0.6) is 0 Å². The highest BCUT2D eigenvalue weighted by molar-refractivity contribution is 8.06. The molecule has 11 heteroatoms. The molecule has 1 aliphatic heterocycles. The van der Waals surface area contributed by atoms with Crippen molar-refractivity contribution >= 4 is 35.2 Å². The standard InChI is InChI=1S/C20H30N6O4S/c1-4-30-11-17(29)26(16(28)10-27)9-5-7-22-20-23-8-6-14(25-20)18(21)19-24-15(12-31-19)13(2)3/h6,8,12-13,24,27H,4-5,7,9-11,21H2,1-3H3,(H,22,23,25)/b19-18+. The van der Waals surface area contributed by atoms with Gasteiger partial charge in [0.05, 0.1) is 11.4 Å². The molecule has 0 saturated heterocycles. The number of carbonyl (C=O) groups excluding carboxylic acids is 2. The summed E-state index contributed by atoms with van der Waals surface area (Å²) in [5.74, 6) is -0.368. The van der Waals surface area contributed by atoms with Crippen molar-refractivity contribution in [1.29, 1.82) is 0 Å². The number of ether oxygens (including phenoxy) is 1. The van der Waals surface area contributed by atoms with E-state index in [0.29, 0.717) is 42.8 Å². The van der Waals surface area contributed by atoms with E-state index in [1.807, 2.05) is 5.41 Å². The van der Waals surface area contributed by atoms with Crippen molar-refractivity contribution in [2.45, 2.75) is 27.2 Å².